The van der Waals surface area contributed by atoms with Crippen molar-refractivity contribution >= 4 is 34.0 Å². The van der Waals surface area contributed by atoms with Crippen molar-refractivity contribution in [3.63, 3.8) is 0 Å². The summed E-state index contributed by atoms with van der Waals surface area (Å²) >= 11 is 7.24. The molecule has 5 heteroatoms. The molecule has 0 saturated heterocycles. The number of anilines is 1. The van der Waals surface area contributed by atoms with E-state index in [1.54, 1.807) is 24.3 Å². The quantitative estimate of drug-likeness (QED) is 0.698. The molecule has 0 saturated carbocycles. The minimum Gasteiger partial charge on any atom is -0.298 e. The van der Waals surface area contributed by atoms with E-state index in [1.807, 2.05) is 11.4 Å². The number of aromatic nitrogens is 1. The summed E-state index contributed by atoms with van der Waals surface area (Å²) in [5.41, 5.74) is 4.95. The molecule has 0 unspecified atom stereocenters. The Kier molecular flexibility index (Phi) is 4.46. The van der Waals surface area contributed by atoms with Gasteiger partial charge in [0, 0.05) is 21.5 Å². The zero-order valence-electron chi connectivity index (χ0n) is 12.8. The lowest BCUT2D eigenvalue weighted by Gasteiger charge is -2.03. The van der Waals surface area contributed by atoms with Crippen LogP contribution < -0.4 is 5.32 Å². The number of nitrogens with zero attached hydrogens (tertiary/aromatic N) is 1. The van der Waals surface area contributed by atoms with Crippen molar-refractivity contribution in [2.24, 2.45) is 0 Å². The number of thiazole rings is 1. The maximum Gasteiger partial charge on any atom is 0.257 e. The summed E-state index contributed by atoms with van der Waals surface area (Å²) in [6.45, 7) is 4.16. The zero-order valence-corrected chi connectivity index (χ0v) is 14.3. The SMILES string of the molecule is Cc1ccc(-c2csc(NC(=O)c3ccc(Cl)cc3)n2)cc1C. The lowest BCUT2D eigenvalue weighted by atomic mass is 10.1. The van der Waals surface area contributed by atoms with Gasteiger partial charge in [-0.3, -0.25) is 10.1 Å². The van der Waals surface area contributed by atoms with E-state index < -0.39 is 0 Å². The number of rotatable bonds is 3. The van der Waals surface area contributed by atoms with Crippen LogP contribution >= 0.6 is 22.9 Å². The summed E-state index contributed by atoms with van der Waals surface area (Å²) in [5.74, 6) is -0.192. The van der Waals surface area contributed by atoms with E-state index in [4.69, 9.17) is 11.6 Å². The van der Waals surface area contributed by atoms with E-state index in [9.17, 15) is 4.79 Å². The average molecular weight is 343 g/mol. The van der Waals surface area contributed by atoms with E-state index in [0.717, 1.165) is 11.3 Å². The number of aryl methyl sites for hydroxylation is 2. The number of hydrogen-bond donors (Lipinski definition) is 1. The van der Waals surface area contributed by atoms with Crippen LogP contribution in [0.15, 0.2) is 47.8 Å². The Morgan fingerprint density at radius 3 is 2.52 bits per heavy atom. The standard InChI is InChI=1S/C18H15ClN2OS/c1-11-3-4-14(9-12(11)2)16-10-23-18(20-16)21-17(22)13-5-7-15(19)8-6-13/h3-10H,1-2H3,(H,20,21,22). The van der Waals surface area contributed by atoms with Gasteiger partial charge in [0.05, 0.1) is 5.69 Å². The second-order valence-electron chi connectivity index (χ2n) is 5.30. The number of amides is 1. The van der Waals surface area contributed by atoms with Gasteiger partial charge in [0.2, 0.25) is 0 Å². The van der Waals surface area contributed by atoms with Gasteiger partial charge in [-0.15, -0.1) is 11.3 Å². The summed E-state index contributed by atoms with van der Waals surface area (Å²) in [7, 11) is 0. The minimum atomic E-state index is -0.192. The molecule has 1 heterocycles. The molecule has 3 nitrogen and oxygen atoms in total. The van der Waals surface area contributed by atoms with E-state index in [-0.39, 0.29) is 5.91 Å². The number of benzene rings is 2. The molecule has 0 aliphatic carbocycles. The lowest BCUT2D eigenvalue weighted by molar-refractivity contribution is 0.102. The maximum atomic E-state index is 12.2. The van der Waals surface area contributed by atoms with Crippen molar-refractivity contribution < 1.29 is 4.79 Å². The van der Waals surface area contributed by atoms with Gasteiger partial charge in [0.1, 0.15) is 0 Å². The van der Waals surface area contributed by atoms with E-state index in [0.29, 0.717) is 15.7 Å². The average Bonchev–Trinajstić information content (AvgIpc) is 2.99. The molecule has 1 amide bonds. The van der Waals surface area contributed by atoms with Gasteiger partial charge >= 0.3 is 0 Å². The van der Waals surface area contributed by atoms with Crippen LogP contribution in [0.25, 0.3) is 11.3 Å². The Bertz CT molecular complexity index is 856. The molecule has 23 heavy (non-hydrogen) atoms. The van der Waals surface area contributed by atoms with E-state index in [1.165, 1.54) is 22.5 Å². The van der Waals surface area contributed by atoms with Crippen LogP contribution in [0, 0.1) is 13.8 Å². The van der Waals surface area contributed by atoms with Crippen LogP contribution in [0.4, 0.5) is 5.13 Å². The Morgan fingerprint density at radius 2 is 1.83 bits per heavy atom. The van der Waals surface area contributed by atoms with Gasteiger partial charge in [-0.05, 0) is 55.3 Å². The lowest BCUT2D eigenvalue weighted by Crippen LogP contribution is -2.11. The number of carbonyl (C=O) groups excluding carboxylic acids is 1. The van der Waals surface area contributed by atoms with Gasteiger partial charge in [-0.2, -0.15) is 0 Å². The first-order valence-electron chi connectivity index (χ1n) is 7.13. The number of hydrogen-bond acceptors (Lipinski definition) is 3. The van der Waals surface area contributed by atoms with E-state index in [2.05, 4.69) is 36.3 Å². The second-order valence-corrected chi connectivity index (χ2v) is 6.59. The van der Waals surface area contributed by atoms with Crippen LogP contribution in [0.2, 0.25) is 5.02 Å². The van der Waals surface area contributed by atoms with Crippen molar-refractivity contribution in [2.45, 2.75) is 13.8 Å². The van der Waals surface area contributed by atoms with E-state index >= 15 is 0 Å². The van der Waals surface area contributed by atoms with Crippen molar-refractivity contribution in [1.29, 1.82) is 0 Å². The molecular weight excluding hydrogens is 328 g/mol. The predicted octanol–water partition coefficient (Wildman–Crippen LogP) is 5.33. The first-order valence-corrected chi connectivity index (χ1v) is 8.39. The van der Waals surface area contributed by atoms with Crippen molar-refractivity contribution in [1.82, 2.24) is 4.98 Å². The summed E-state index contributed by atoms with van der Waals surface area (Å²) < 4.78 is 0. The first-order chi connectivity index (χ1) is 11.0. The van der Waals surface area contributed by atoms with Gasteiger partial charge in [-0.25, -0.2) is 4.98 Å². The molecule has 0 fully saturated rings. The molecule has 0 spiro atoms. The third-order valence-corrected chi connectivity index (χ3v) is 4.64. The van der Waals surface area contributed by atoms with Crippen LogP contribution in [0.1, 0.15) is 21.5 Å². The topological polar surface area (TPSA) is 42.0 Å². The molecular formula is C18H15ClN2OS. The van der Waals surface area contributed by atoms with Crippen molar-refractivity contribution in [3.05, 3.63) is 69.6 Å². The molecule has 116 valence electrons. The summed E-state index contributed by atoms with van der Waals surface area (Å²) in [6, 6.07) is 13.0. The summed E-state index contributed by atoms with van der Waals surface area (Å²) in [6.07, 6.45) is 0. The molecule has 0 aliphatic rings. The molecule has 2 aromatic carbocycles. The normalized spacial score (nSPS) is 10.6. The largest absolute Gasteiger partial charge is 0.298 e. The predicted molar refractivity (Wildman–Crippen MR) is 96.4 cm³/mol. The van der Waals surface area contributed by atoms with Crippen LogP contribution in [-0.2, 0) is 0 Å². The highest BCUT2D eigenvalue weighted by Crippen LogP contribution is 2.26. The monoisotopic (exact) mass is 342 g/mol. The first kappa shape index (κ1) is 15.7. The summed E-state index contributed by atoms with van der Waals surface area (Å²) in [4.78, 5) is 16.7. The zero-order chi connectivity index (χ0) is 16.4. The smallest absolute Gasteiger partial charge is 0.257 e. The Hall–Kier alpha value is -2.17. The minimum absolute atomic E-state index is 0.192. The highest BCUT2D eigenvalue weighted by atomic mass is 35.5. The Labute approximate surface area is 144 Å². The van der Waals surface area contributed by atoms with Gasteiger partial charge in [0.25, 0.3) is 5.91 Å². The highest BCUT2D eigenvalue weighted by Gasteiger charge is 2.10. The molecule has 0 bridgehead atoms. The fraction of sp³-hybridized carbons (Fsp3) is 0.111. The maximum absolute atomic E-state index is 12.2. The molecule has 1 N–H and O–H groups in total. The van der Waals surface area contributed by atoms with Crippen molar-refractivity contribution in [2.75, 3.05) is 5.32 Å². The molecule has 1 aromatic heterocycles. The third kappa shape index (κ3) is 3.60. The fourth-order valence-electron chi connectivity index (χ4n) is 2.14. The molecule has 0 atom stereocenters. The highest BCUT2D eigenvalue weighted by molar-refractivity contribution is 7.14. The molecule has 0 radical (unpaired) electrons. The molecule has 3 rings (SSSR count). The number of carbonyl (C=O) groups is 1. The van der Waals surface area contributed by atoms with Gasteiger partial charge < -0.3 is 0 Å². The Balaban J connectivity index is 1.77. The third-order valence-electron chi connectivity index (χ3n) is 3.63. The number of halogens is 1. The van der Waals surface area contributed by atoms with Gasteiger partial charge in [-0.1, -0.05) is 23.7 Å². The van der Waals surface area contributed by atoms with Gasteiger partial charge in [0.15, 0.2) is 5.13 Å². The van der Waals surface area contributed by atoms with Crippen LogP contribution in [0.5, 0.6) is 0 Å². The van der Waals surface area contributed by atoms with Crippen LogP contribution in [0.3, 0.4) is 0 Å². The van der Waals surface area contributed by atoms with Crippen LogP contribution in [-0.4, -0.2) is 10.9 Å². The second kappa shape index (κ2) is 6.52. The molecule has 3 aromatic rings. The summed E-state index contributed by atoms with van der Waals surface area (Å²) in [5, 5.41) is 5.95. The Morgan fingerprint density at radius 1 is 1.09 bits per heavy atom. The van der Waals surface area contributed by atoms with Crippen molar-refractivity contribution in [3.8, 4) is 11.3 Å². The molecule has 0 aliphatic heterocycles. The number of nitrogens with one attached hydrogen (secondary N) is 1. The fourth-order valence-corrected chi connectivity index (χ4v) is 2.98.